The summed E-state index contributed by atoms with van der Waals surface area (Å²) in [6.45, 7) is 5.67. The number of carbonyl (C=O) groups is 1. The first kappa shape index (κ1) is 14.6. The molecule has 1 amide bonds. The first-order valence-electron chi connectivity index (χ1n) is 6.50. The average molecular weight is 294 g/mol. The quantitative estimate of drug-likeness (QED) is 0.845. The van der Waals surface area contributed by atoms with Crippen LogP contribution >= 0.6 is 11.3 Å². The van der Waals surface area contributed by atoms with E-state index in [1.807, 2.05) is 12.3 Å². The van der Waals surface area contributed by atoms with Crippen LogP contribution in [0.15, 0.2) is 9.90 Å². The zero-order chi connectivity index (χ0) is 14.7. The first-order chi connectivity index (χ1) is 9.51. The topological polar surface area (TPSA) is 72.1 Å². The van der Waals surface area contributed by atoms with Crippen LogP contribution < -0.4 is 0 Å². The molecule has 0 spiro atoms. The van der Waals surface area contributed by atoms with Gasteiger partial charge in [0.2, 0.25) is 11.8 Å². The van der Waals surface area contributed by atoms with Crippen molar-refractivity contribution in [1.29, 1.82) is 0 Å². The Morgan fingerprint density at radius 1 is 1.50 bits per heavy atom. The fourth-order valence-corrected chi connectivity index (χ4v) is 2.48. The maximum atomic E-state index is 12.2. The highest BCUT2D eigenvalue weighted by Crippen LogP contribution is 2.18. The average Bonchev–Trinajstić information content (AvgIpc) is 3.05. The van der Waals surface area contributed by atoms with Gasteiger partial charge in [-0.25, -0.2) is 4.98 Å². The highest BCUT2D eigenvalue weighted by atomic mass is 32.1. The number of aryl methyl sites for hydroxylation is 2. The molecule has 1 unspecified atom stereocenters. The minimum absolute atomic E-state index is 0.0127. The molecule has 0 N–H and O–H groups in total. The van der Waals surface area contributed by atoms with Crippen molar-refractivity contribution in [3.8, 4) is 0 Å². The van der Waals surface area contributed by atoms with Crippen molar-refractivity contribution in [2.45, 2.75) is 39.7 Å². The molecule has 2 rings (SSSR count). The van der Waals surface area contributed by atoms with Crippen LogP contribution in [0.2, 0.25) is 0 Å². The van der Waals surface area contributed by atoms with E-state index in [1.54, 1.807) is 30.2 Å². The molecule has 1 atom stereocenters. The van der Waals surface area contributed by atoms with Crippen molar-refractivity contribution < 1.29 is 9.32 Å². The second kappa shape index (κ2) is 6.13. The summed E-state index contributed by atoms with van der Waals surface area (Å²) < 4.78 is 5.10. The molecule has 0 aromatic carbocycles. The number of aromatic nitrogens is 3. The van der Waals surface area contributed by atoms with Gasteiger partial charge >= 0.3 is 0 Å². The molecule has 0 saturated carbocycles. The number of thiazole rings is 1. The van der Waals surface area contributed by atoms with Gasteiger partial charge in [0.05, 0.1) is 17.1 Å². The lowest BCUT2D eigenvalue weighted by Crippen LogP contribution is -2.31. The van der Waals surface area contributed by atoms with Crippen molar-refractivity contribution in [2.75, 3.05) is 7.05 Å². The third-order valence-electron chi connectivity index (χ3n) is 3.11. The third-order valence-corrected chi connectivity index (χ3v) is 4.15. The summed E-state index contributed by atoms with van der Waals surface area (Å²) in [4.78, 5) is 22.4. The molecule has 2 heterocycles. The summed E-state index contributed by atoms with van der Waals surface area (Å²) in [5.41, 5.74) is 0.817. The zero-order valence-electron chi connectivity index (χ0n) is 12.1. The monoisotopic (exact) mass is 294 g/mol. The Morgan fingerprint density at radius 2 is 2.25 bits per heavy atom. The minimum atomic E-state index is -0.243. The second-order valence-corrected chi connectivity index (χ2v) is 5.57. The van der Waals surface area contributed by atoms with Crippen LogP contribution in [0.3, 0.4) is 0 Å². The van der Waals surface area contributed by atoms with Crippen LogP contribution in [-0.4, -0.2) is 33.0 Å². The summed E-state index contributed by atoms with van der Waals surface area (Å²) in [7, 11) is 1.74. The van der Waals surface area contributed by atoms with Crippen molar-refractivity contribution in [3.63, 3.8) is 0 Å². The Balaban J connectivity index is 2.01. The Kier molecular flexibility index (Phi) is 4.49. The van der Waals surface area contributed by atoms with Gasteiger partial charge in [0, 0.05) is 12.4 Å². The normalized spacial score (nSPS) is 12.4. The summed E-state index contributed by atoms with van der Waals surface area (Å²) in [6, 6.07) is -0.243. The fourth-order valence-electron chi connectivity index (χ4n) is 1.74. The predicted octanol–water partition coefficient (Wildman–Crippen LogP) is 2.16. The molecule has 0 aliphatic carbocycles. The number of carbonyl (C=O) groups excluding carboxylic acids is 1. The van der Waals surface area contributed by atoms with Crippen molar-refractivity contribution in [3.05, 3.63) is 27.8 Å². The van der Waals surface area contributed by atoms with E-state index in [-0.39, 0.29) is 11.9 Å². The van der Waals surface area contributed by atoms with Crippen LogP contribution in [0.25, 0.3) is 0 Å². The zero-order valence-corrected chi connectivity index (χ0v) is 12.9. The number of nitrogens with zero attached hydrogens (tertiary/aromatic N) is 4. The van der Waals surface area contributed by atoms with Gasteiger partial charge in [-0.2, -0.15) is 4.98 Å². The molecule has 108 valence electrons. The van der Waals surface area contributed by atoms with Gasteiger partial charge in [-0.1, -0.05) is 12.1 Å². The van der Waals surface area contributed by atoms with E-state index in [0.29, 0.717) is 18.1 Å². The van der Waals surface area contributed by atoms with Crippen molar-refractivity contribution in [1.82, 2.24) is 20.0 Å². The van der Waals surface area contributed by atoms with Crippen LogP contribution in [0.5, 0.6) is 0 Å². The summed E-state index contributed by atoms with van der Waals surface area (Å²) in [6.07, 6.45) is 1.19. The van der Waals surface area contributed by atoms with Gasteiger partial charge in [0.15, 0.2) is 5.82 Å². The number of hydrogen-bond donors (Lipinski definition) is 0. The number of hydrogen-bond acceptors (Lipinski definition) is 6. The highest BCUT2D eigenvalue weighted by Gasteiger charge is 2.22. The van der Waals surface area contributed by atoms with Crippen LogP contribution in [0.4, 0.5) is 0 Å². The lowest BCUT2D eigenvalue weighted by atomic mass is 10.2. The Hall–Kier alpha value is -1.76. The molecule has 20 heavy (non-hydrogen) atoms. The molecule has 0 saturated heterocycles. The van der Waals surface area contributed by atoms with E-state index >= 15 is 0 Å². The molecule has 2 aromatic rings. The molecule has 2 aromatic heterocycles. The minimum Gasteiger partial charge on any atom is -0.337 e. The molecule has 0 fully saturated rings. The second-order valence-electron chi connectivity index (χ2n) is 4.62. The van der Waals surface area contributed by atoms with Crippen LogP contribution in [-0.2, 0) is 17.6 Å². The highest BCUT2D eigenvalue weighted by molar-refractivity contribution is 7.09. The van der Waals surface area contributed by atoms with Gasteiger partial charge < -0.3 is 9.42 Å². The molecular formula is C13H18N4O2S. The summed E-state index contributed by atoms with van der Waals surface area (Å²) in [5, 5.41) is 6.73. The first-order valence-corrected chi connectivity index (χ1v) is 7.38. The molecule has 0 aliphatic heterocycles. The number of rotatable bonds is 5. The van der Waals surface area contributed by atoms with Crippen molar-refractivity contribution in [2.24, 2.45) is 0 Å². The summed E-state index contributed by atoms with van der Waals surface area (Å²) >= 11 is 1.59. The standard InChI is InChI=1S/C13H18N4O2S/c1-5-11-15-10(7-20-11)6-12(18)17(4)8(2)13-14-9(3)16-19-13/h7-8H,5-6H2,1-4H3. The lowest BCUT2D eigenvalue weighted by Gasteiger charge is -2.21. The maximum Gasteiger partial charge on any atom is 0.249 e. The molecule has 6 nitrogen and oxygen atoms in total. The van der Waals surface area contributed by atoms with E-state index in [4.69, 9.17) is 4.52 Å². The largest absolute Gasteiger partial charge is 0.337 e. The Morgan fingerprint density at radius 3 is 2.80 bits per heavy atom. The van der Waals surface area contributed by atoms with Crippen molar-refractivity contribution >= 4 is 17.2 Å². The number of likely N-dealkylation sites (N-methyl/N-ethyl adjacent to an activating group) is 1. The predicted molar refractivity (Wildman–Crippen MR) is 75.4 cm³/mol. The van der Waals surface area contributed by atoms with Crippen LogP contribution in [0, 0.1) is 6.92 Å². The molecular weight excluding hydrogens is 276 g/mol. The smallest absolute Gasteiger partial charge is 0.249 e. The molecule has 0 bridgehead atoms. The van der Waals surface area contributed by atoms with E-state index in [0.717, 1.165) is 17.1 Å². The van der Waals surface area contributed by atoms with Gasteiger partial charge in [-0.15, -0.1) is 11.3 Å². The van der Waals surface area contributed by atoms with Crippen LogP contribution in [0.1, 0.15) is 42.3 Å². The number of amides is 1. The molecule has 0 aliphatic rings. The lowest BCUT2D eigenvalue weighted by molar-refractivity contribution is -0.131. The van der Waals surface area contributed by atoms with E-state index in [2.05, 4.69) is 22.0 Å². The molecule has 0 radical (unpaired) electrons. The van der Waals surface area contributed by atoms with Gasteiger partial charge in [-0.05, 0) is 20.3 Å². The SMILES string of the molecule is CCc1nc(CC(=O)N(C)C(C)c2nc(C)no2)cs1. The van der Waals surface area contributed by atoms with Gasteiger partial charge in [0.25, 0.3) is 0 Å². The Labute approximate surface area is 121 Å². The molecule has 7 heteroatoms. The Bertz CT molecular complexity index is 593. The van der Waals surface area contributed by atoms with E-state index in [9.17, 15) is 4.79 Å². The maximum absolute atomic E-state index is 12.2. The van der Waals surface area contributed by atoms with Gasteiger partial charge in [-0.3, -0.25) is 4.79 Å². The third kappa shape index (κ3) is 3.22. The van der Waals surface area contributed by atoms with Gasteiger partial charge in [0.1, 0.15) is 6.04 Å². The van der Waals surface area contributed by atoms with E-state index < -0.39 is 0 Å². The fraction of sp³-hybridized carbons (Fsp3) is 0.538. The summed E-state index contributed by atoms with van der Waals surface area (Å²) in [5.74, 6) is 1.01. The van der Waals surface area contributed by atoms with E-state index in [1.165, 1.54) is 0 Å².